The SMILES string of the molecule is O=C(Nc1ccc(Br)cc1)N1CCC2(C=C(c3ccccc3)NO2)CC1. The van der Waals surface area contributed by atoms with Crippen molar-refractivity contribution < 1.29 is 9.63 Å². The van der Waals surface area contributed by atoms with E-state index >= 15 is 0 Å². The van der Waals surface area contributed by atoms with Gasteiger partial charge in [-0.25, -0.2) is 4.79 Å². The normalized spacial score (nSPS) is 18.3. The zero-order chi connectivity index (χ0) is 18.0. The van der Waals surface area contributed by atoms with Crippen molar-refractivity contribution in [3.63, 3.8) is 0 Å². The summed E-state index contributed by atoms with van der Waals surface area (Å²) in [4.78, 5) is 20.2. The second-order valence-electron chi connectivity index (χ2n) is 6.62. The first-order chi connectivity index (χ1) is 12.6. The summed E-state index contributed by atoms with van der Waals surface area (Å²) in [6, 6.07) is 17.7. The molecular weight excluding hydrogens is 394 g/mol. The molecule has 134 valence electrons. The minimum atomic E-state index is -0.334. The number of rotatable bonds is 2. The highest BCUT2D eigenvalue weighted by molar-refractivity contribution is 9.10. The van der Waals surface area contributed by atoms with Crippen molar-refractivity contribution in [1.82, 2.24) is 10.4 Å². The van der Waals surface area contributed by atoms with Crippen molar-refractivity contribution in [3.05, 3.63) is 70.7 Å². The second-order valence-corrected chi connectivity index (χ2v) is 7.53. The van der Waals surface area contributed by atoms with Gasteiger partial charge in [-0.2, -0.15) is 0 Å². The van der Waals surface area contributed by atoms with Crippen LogP contribution in [0.25, 0.3) is 5.70 Å². The van der Waals surface area contributed by atoms with Crippen molar-refractivity contribution in [3.8, 4) is 0 Å². The Bertz CT molecular complexity index is 813. The highest BCUT2D eigenvalue weighted by Crippen LogP contribution is 2.34. The predicted molar refractivity (Wildman–Crippen MR) is 105 cm³/mol. The maximum Gasteiger partial charge on any atom is 0.321 e. The Morgan fingerprint density at radius 3 is 2.46 bits per heavy atom. The molecule has 1 saturated heterocycles. The molecule has 0 bridgehead atoms. The first-order valence-electron chi connectivity index (χ1n) is 8.67. The molecule has 1 spiro atoms. The van der Waals surface area contributed by atoms with Crippen LogP contribution in [0.3, 0.4) is 0 Å². The van der Waals surface area contributed by atoms with Gasteiger partial charge in [-0.3, -0.25) is 10.3 Å². The van der Waals surface area contributed by atoms with Crippen LogP contribution in [0.15, 0.2) is 65.1 Å². The van der Waals surface area contributed by atoms with Gasteiger partial charge in [0.2, 0.25) is 0 Å². The van der Waals surface area contributed by atoms with E-state index in [4.69, 9.17) is 4.84 Å². The average molecular weight is 414 g/mol. The largest absolute Gasteiger partial charge is 0.324 e. The predicted octanol–water partition coefficient (Wildman–Crippen LogP) is 4.39. The van der Waals surface area contributed by atoms with Crippen molar-refractivity contribution in [2.75, 3.05) is 18.4 Å². The Balaban J connectivity index is 1.37. The Labute approximate surface area is 161 Å². The monoisotopic (exact) mass is 413 g/mol. The molecule has 4 rings (SSSR count). The summed E-state index contributed by atoms with van der Waals surface area (Å²) < 4.78 is 0.988. The van der Waals surface area contributed by atoms with Crippen LogP contribution in [0.5, 0.6) is 0 Å². The topological polar surface area (TPSA) is 53.6 Å². The van der Waals surface area contributed by atoms with Gasteiger partial charge in [-0.15, -0.1) is 0 Å². The van der Waals surface area contributed by atoms with E-state index in [1.807, 2.05) is 47.4 Å². The number of nitrogens with zero attached hydrogens (tertiary/aromatic N) is 1. The lowest BCUT2D eigenvalue weighted by atomic mass is 9.90. The molecule has 2 aromatic carbocycles. The number of carbonyl (C=O) groups is 1. The summed E-state index contributed by atoms with van der Waals surface area (Å²) in [5, 5.41) is 2.95. The van der Waals surface area contributed by atoms with E-state index in [-0.39, 0.29) is 11.6 Å². The molecule has 0 aliphatic carbocycles. The first kappa shape index (κ1) is 17.1. The van der Waals surface area contributed by atoms with Gasteiger partial charge < -0.3 is 10.2 Å². The second kappa shape index (κ2) is 7.13. The number of halogens is 1. The molecule has 5 nitrogen and oxygen atoms in total. The number of likely N-dealkylation sites (tertiary alicyclic amines) is 1. The highest BCUT2D eigenvalue weighted by Gasteiger charge is 2.39. The highest BCUT2D eigenvalue weighted by atomic mass is 79.9. The third-order valence-electron chi connectivity index (χ3n) is 4.85. The number of nitrogens with one attached hydrogen (secondary N) is 2. The number of carbonyl (C=O) groups excluding carboxylic acids is 1. The Kier molecular flexibility index (Phi) is 4.70. The van der Waals surface area contributed by atoms with Crippen LogP contribution in [0.1, 0.15) is 18.4 Å². The van der Waals surface area contributed by atoms with E-state index in [1.54, 1.807) is 0 Å². The van der Waals surface area contributed by atoms with Crippen LogP contribution in [-0.4, -0.2) is 29.6 Å². The smallest absolute Gasteiger partial charge is 0.321 e. The first-order valence-corrected chi connectivity index (χ1v) is 9.47. The summed E-state index contributed by atoms with van der Waals surface area (Å²) in [5.41, 5.74) is 5.63. The molecule has 2 aliphatic heterocycles. The van der Waals surface area contributed by atoms with Crippen LogP contribution in [0.2, 0.25) is 0 Å². The maximum atomic E-state index is 12.5. The Morgan fingerprint density at radius 2 is 1.77 bits per heavy atom. The van der Waals surface area contributed by atoms with E-state index in [0.717, 1.165) is 34.3 Å². The molecule has 0 radical (unpaired) electrons. The number of piperidine rings is 1. The molecule has 26 heavy (non-hydrogen) atoms. The fourth-order valence-corrected chi connectivity index (χ4v) is 3.57. The average Bonchev–Trinajstić information content (AvgIpc) is 3.08. The summed E-state index contributed by atoms with van der Waals surface area (Å²) in [5.74, 6) is 0. The van der Waals surface area contributed by atoms with Crippen molar-refractivity contribution in [2.24, 2.45) is 0 Å². The van der Waals surface area contributed by atoms with Crippen LogP contribution in [0, 0.1) is 0 Å². The minimum Gasteiger partial charge on any atom is -0.324 e. The fraction of sp³-hybridized carbons (Fsp3) is 0.250. The zero-order valence-electron chi connectivity index (χ0n) is 14.2. The molecule has 1 fully saturated rings. The molecule has 2 amide bonds. The lowest BCUT2D eigenvalue weighted by Gasteiger charge is -2.36. The minimum absolute atomic E-state index is 0.0691. The molecular formula is C20H20BrN3O2. The fourth-order valence-electron chi connectivity index (χ4n) is 3.31. The van der Waals surface area contributed by atoms with E-state index in [0.29, 0.717) is 13.1 Å². The molecule has 0 unspecified atom stereocenters. The molecule has 2 N–H and O–H groups in total. The number of hydrogen-bond acceptors (Lipinski definition) is 3. The third kappa shape index (κ3) is 3.61. The lowest BCUT2D eigenvalue weighted by Crippen LogP contribution is -2.48. The summed E-state index contributed by atoms with van der Waals surface area (Å²) in [7, 11) is 0. The van der Waals surface area contributed by atoms with Crippen molar-refractivity contribution >= 4 is 33.3 Å². The van der Waals surface area contributed by atoms with Crippen molar-refractivity contribution in [2.45, 2.75) is 18.4 Å². The molecule has 6 heteroatoms. The van der Waals surface area contributed by atoms with Crippen LogP contribution >= 0.6 is 15.9 Å². The molecule has 2 heterocycles. The third-order valence-corrected chi connectivity index (χ3v) is 5.38. The van der Waals surface area contributed by atoms with Crippen molar-refractivity contribution in [1.29, 1.82) is 0 Å². The van der Waals surface area contributed by atoms with Gasteiger partial charge in [0.15, 0.2) is 0 Å². The zero-order valence-corrected chi connectivity index (χ0v) is 15.8. The summed E-state index contributed by atoms with van der Waals surface area (Å²) in [6.45, 7) is 1.31. The van der Waals surface area contributed by atoms with E-state index in [1.165, 1.54) is 0 Å². The number of anilines is 1. The standard InChI is InChI=1S/C20H20BrN3O2/c21-16-6-8-17(9-7-16)22-19(25)24-12-10-20(11-13-24)14-18(23-26-20)15-4-2-1-3-5-15/h1-9,14,23H,10-13H2,(H,22,25). The van der Waals surface area contributed by atoms with E-state index in [2.05, 4.69) is 44.9 Å². The molecule has 2 aromatic rings. The molecule has 0 atom stereocenters. The van der Waals surface area contributed by atoms with Gasteiger partial charge in [-0.1, -0.05) is 46.3 Å². The number of urea groups is 1. The number of amides is 2. The summed E-state index contributed by atoms with van der Waals surface area (Å²) in [6.07, 6.45) is 3.69. The molecule has 2 aliphatic rings. The number of hydrogen-bond donors (Lipinski definition) is 2. The number of hydroxylamine groups is 1. The van der Waals surface area contributed by atoms with Gasteiger partial charge in [0.25, 0.3) is 0 Å². The van der Waals surface area contributed by atoms with E-state index < -0.39 is 0 Å². The van der Waals surface area contributed by atoms with Gasteiger partial charge in [0, 0.05) is 36.1 Å². The molecule has 0 aromatic heterocycles. The van der Waals surface area contributed by atoms with Crippen LogP contribution < -0.4 is 10.8 Å². The lowest BCUT2D eigenvalue weighted by molar-refractivity contribution is -0.0634. The maximum absolute atomic E-state index is 12.5. The van der Waals surface area contributed by atoms with Gasteiger partial charge in [-0.05, 0) is 35.9 Å². The van der Waals surface area contributed by atoms with Gasteiger partial charge in [0.1, 0.15) is 5.60 Å². The molecule has 0 saturated carbocycles. The van der Waals surface area contributed by atoms with Gasteiger partial charge in [0.05, 0.1) is 5.70 Å². The summed E-state index contributed by atoms with van der Waals surface area (Å²) >= 11 is 3.40. The van der Waals surface area contributed by atoms with Crippen LogP contribution in [0.4, 0.5) is 10.5 Å². The van der Waals surface area contributed by atoms with E-state index in [9.17, 15) is 4.79 Å². The van der Waals surface area contributed by atoms with Crippen LogP contribution in [-0.2, 0) is 4.84 Å². The van der Waals surface area contributed by atoms with Gasteiger partial charge >= 0.3 is 6.03 Å². The quantitative estimate of drug-likeness (QED) is 0.767. The Morgan fingerprint density at radius 1 is 1.08 bits per heavy atom. The number of benzene rings is 2. The Hall–Kier alpha value is -2.31.